The third kappa shape index (κ3) is 5.56. The third-order valence-electron chi connectivity index (χ3n) is 5.14. The van der Waals surface area contributed by atoms with Crippen LogP contribution in [0.5, 0.6) is 0 Å². The van der Waals surface area contributed by atoms with Crippen molar-refractivity contribution in [1.29, 1.82) is 0 Å². The number of carbonyl (C=O) groups excluding carboxylic acids is 2. The van der Waals surface area contributed by atoms with Crippen LogP contribution in [0.25, 0.3) is 6.08 Å². The van der Waals surface area contributed by atoms with E-state index in [1.54, 1.807) is 18.2 Å². The van der Waals surface area contributed by atoms with Crippen molar-refractivity contribution in [2.24, 2.45) is 0 Å². The van der Waals surface area contributed by atoms with E-state index >= 15 is 0 Å². The molecule has 0 unspecified atom stereocenters. The van der Waals surface area contributed by atoms with Crippen LogP contribution in [-0.2, 0) is 4.79 Å². The molecule has 0 heterocycles. The SMILES string of the molecule is Cc1ccc(/C=C(/NC(=O)c2ccc(C)cc2)C(=O)NC2CCCCC2)cc1. The Bertz CT molecular complexity index is 845. The van der Waals surface area contributed by atoms with Crippen molar-refractivity contribution in [3.8, 4) is 0 Å². The van der Waals surface area contributed by atoms with Gasteiger partial charge in [0.2, 0.25) is 0 Å². The molecule has 28 heavy (non-hydrogen) atoms. The summed E-state index contributed by atoms with van der Waals surface area (Å²) in [5.74, 6) is -0.509. The Labute approximate surface area is 167 Å². The molecule has 0 spiro atoms. The molecule has 4 nitrogen and oxygen atoms in total. The summed E-state index contributed by atoms with van der Waals surface area (Å²) in [4.78, 5) is 25.6. The first-order chi connectivity index (χ1) is 13.5. The molecule has 3 rings (SSSR count). The molecule has 1 fully saturated rings. The molecule has 4 heteroatoms. The minimum absolute atomic E-state index is 0.180. The Kier molecular flexibility index (Phi) is 6.64. The molecule has 146 valence electrons. The van der Waals surface area contributed by atoms with E-state index in [0.717, 1.165) is 42.4 Å². The maximum Gasteiger partial charge on any atom is 0.268 e. The quantitative estimate of drug-likeness (QED) is 0.754. The molecule has 1 aliphatic carbocycles. The minimum Gasteiger partial charge on any atom is -0.348 e. The Morgan fingerprint density at radius 3 is 2.04 bits per heavy atom. The highest BCUT2D eigenvalue weighted by Crippen LogP contribution is 2.18. The van der Waals surface area contributed by atoms with Gasteiger partial charge < -0.3 is 10.6 Å². The van der Waals surface area contributed by atoms with Gasteiger partial charge in [0.1, 0.15) is 5.70 Å². The molecule has 2 N–H and O–H groups in total. The first-order valence-electron chi connectivity index (χ1n) is 9.98. The van der Waals surface area contributed by atoms with Gasteiger partial charge in [0.05, 0.1) is 0 Å². The van der Waals surface area contributed by atoms with E-state index in [1.807, 2.05) is 50.2 Å². The average molecular weight is 377 g/mol. The summed E-state index contributed by atoms with van der Waals surface area (Å²) in [6.07, 6.45) is 7.23. The summed E-state index contributed by atoms with van der Waals surface area (Å²) in [6.45, 7) is 3.99. The Balaban J connectivity index is 1.80. The zero-order valence-electron chi connectivity index (χ0n) is 16.6. The first kappa shape index (κ1) is 19.9. The van der Waals surface area contributed by atoms with Crippen LogP contribution < -0.4 is 10.6 Å². The molecule has 2 aromatic rings. The van der Waals surface area contributed by atoms with E-state index < -0.39 is 0 Å². The molecule has 0 saturated heterocycles. The number of benzene rings is 2. The van der Waals surface area contributed by atoms with E-state index in [-0.39, 0.29) is 23.6 Å². The summed E-state index contributed by atoms with van der Waals surface area (Å²) in [6, 6.07) is 15.4. The summed E-state index contributed by atoms with van der Waals surface area (Å²) in [5.41, 5.74) is 3.92. The van der Waals surface area contributed by atoms with Crippen molar-refractivity contribution in [3.05, 3.63) is 76.5 Å². The Hall–Kier alpha value is -2.88. The van der Waals surface area contributed by atoms with E-state index in [2.05, 4.69) is 10.6 Å². The van der Waals surface area contributed by atoms with Gasteiger partial charge in [0.15, 0.2) is 0 Å². The van der Waals surface area contributed by atoms with Gasteiger partial charge in [0, 0.05) is 11.6 Å². The summed E-state index contributed by atoms with van der Waals surface area (Å²) in [7, 11) is 0. The highest BCUT2D eigenvalue weighted by atomic mass is 16.2. The van der Waals surface area contributed by atoms with Crippen molar-refractivity contribution in [2.45, 2.75) is 52.0 Å². The lowest BCUT2D eigenvalue weighted by Gasteiger charge is -2.23. The topological polar surface area (TPSA) is 58.2 Å². The van der Waals surface area contributed by atoms with E-state index in [1.165, 1.54) is 6.42 Å². The van der Waals surface area contributed by atoms with Crippen LogP contribution in [-0.4, -0.2) is 17.9 Å². The number of hydrogen-bond donors (Lipinski definition) is 2. The van der Waals surface area contributed by atoms with Crippen molar-refractivity contribution >= 4 is 17.9 Å². The van der Waals surface area contributed by atoms with Crippen LogP contribution in [0.4, 0.5) is 0 Å². The van der Waals surface area contributed by atoms with Gasteiger partial charge in [-0.2, -0.15) is 0 Å². The van der Waals surface area contributed by atoms with Gasteiger partial charge in [-0.25, -0.2) is 0 Å². The predicted molar refractivity (Wildman–Crippen MR) is 113 cm³/mol. The molecule has 0 aromatic heterocycles. The summed E-state index contributed by atoms with van der Waals surface area (Å²) in [5, 5.41) is 5.91. The fourth-order valence-corrected chi connectivity index (χ4v) is 3.40. The fraction of sp³-hybridized carbons (Fsp3) is 0.333. The molecule has 1 saturated carbocycles. The highest BCUT2D eigenvalue weighted by Gasteiger charge is 2.20. The first-order valence-corrected chi connectivity index (χ1v) is 9.98. The number of hydrogen-bond acceptors (Lipinski definition) is 2. The lowest BCUT2D eigenvalue weighted by molar-refractivity contribution is -0.118. The Morgan fingerprint density at radius 2 is 1.43 bits per heavy atom. The standard InChI is InChI=1S/C24H28N2O2/c1-17-8-12-19(13-9-17)16-22(24(28)25-21-6-4-3-5-7-21)26-23(27)20-14-10-18(2)11-15-20/h8-16,21H,3-7H2,1-2H3,(H,25,28)(H,26,27)/b22-16+. The van der Waals surface area contributed by atoms with Crippen LogP contribution in [0.3, 0.4) is 0 Å². The van der Waals surface area contributed by atoms with Gasteiger partial charge >= 0.3 is 0 Å². The molecular weight excluding hydrogens is 348 g/mol. The molecule has 0 radical (unpaired) electrons. The zero-order chi connectivity index (χ0) is 19.9. The van der Waals surface area contributed by atoms with E-state index in [0.29, 0.717) is 5.56 Å². The summed E-state index contributed by atoms with van der Waals surface area (Å²) < 4.78 is 0. The molecule has 0 aliphatic heterocycles. The molecule has 1 aliphatic rings. The maximum atomic E-state index is 12.9. The van der Waals surface area contributed by atoms with E-state index in [4.69, 9.17) is 0 Å². The summed E-state index contributed by atoms with van der Waals surface area (Å²) >= 11 is 0. The third-order valence-corrected chi connectivity index (χ3v) is 5.14. The number of aryl methyl sites for hydroxylation is 2. The normalized spacial score (nSPS) is 15.1. The number of rotatable bonds is 5. The predicted octanol–water partition coefficient (Wildman–Crippen LogP) is 4.52. The zero-order valence-corrected chi connectivity index (χ0v) is 16.6. The van der Waals surface area contributed by atoms with Crippen molar-refractivity contribution < 1.29 is 9.59 Å². The number of carbonyl (C=O) groups is 2. The molecule has 0 bridgehead atoms. The van der Waals surface area contributed by atoms with Gasteiger partial charge in [-0.15, -0.1) is 0 Å². The molecule has 2 amide bonds. The maximum absolute atomic E-state index is 12.9. The number of nitrogens with one attached hydrogen (secondary N) is 2. The molecular formula is C24H28N2O2. The second kappa shape index (κ2) is 9.36. The lowest BCUT2D eigenvalue weighted by Crippen LogP contribution is -2.41. The van der Waals surface area contributed by atoms with Crippen LogP contribution in [0.15, 0.2) is 54.2 Å². The molecule has 0 atom stereocenters. The van der Waals surface area contributed by atoms with Crippen LogP contribution in [0.2, 0.25) is 0 Å². The smallest absolute Gasteiger partial charge is 0.268 e. The number of amides is 2. The van der Waals surface area contributed by atoms with Crippen LogP contribution in [0.1, 0.15) is 59.2 Å². The van der Waals surface area contributed by atoms with Crippen LogP contribution >= 0.6 is 0 Å². The van der Waals surface area contributed by atoms with Gasteiger partial charge in [-0.1, -0.05) is 66.8 Å². The monoisotopic (exact) mass is 376 g/mol. The van der Waals surface area contributed by atoms with E-state index in [9.17, 15) is 9.59 Å². The minimum atomic E-state index is -0.280. The second-order valence-electron chi connectivity index (χ2n) is 7.60. The molecule has 2 aromatic carbocycles. The fourth-order valence-electron chi connectivity index (χ4n) is 3.40. The van der Waals surface area contributed by atoms with Crippen molar-refractivity contribution in [1.82, 2.24) is 10.6 Å². The van der Waals surface area contributed by atoms with Crippen molar-refractivity contribution in [3.63, 3.8) is 0 Å². The lowest BCUT2D eigenvalue weighted by atomic mass is 9.95. The largest absolute Gasteiger partial charge is 0.348 e. The van der Waals surface area contributed by atoms with Crippen molar-refractivity contribution in [2.75, 3.05) is 0 Å². The van der Waals surface area contributed by atoms with Crippen LogP contribution in [0, 0.1) is 13.8 Å². The van der Waals surface area contributed by atoms with Gasteiger partial charge in [0.25, 0.3) is 11.8 Å². The Morgan fingerprint density at radius 1 is 0.857 bits per heavy atom. The van der Waals surface area contributed by atoms with Gasteiger partial charge in [-0.3, -0.25) is 9.59 Å². The van der Waals surface area contributed by atoms with Gasteiger partial charge in [-0.05, 0) is 50.5 Å². The highest BCUT2D eigenvalue weighted by molar-refractivity contribution is 6.05. The average Bonchev–Trinajstić information content (AvgIpc) is 2.70. The second-order valence-corrected chi connectivity index (χ2v) is 7.60.